The van der Waals surface area contributed by atoms with Gasteiger partial charge in [-0.3, -0.25) is 0 Å². The number of benzene rings is 2. The van der Waals surface area contributed by atoms with Crippen molar-refractivity contribution in [1.29, 1.82) is 0 Å². The van der Waals surface area contributed by atoms with Gasteiger partial charge < -0.3 is 14.6 Å². The summed E-state index contributed by atoms with van der Waals surface area (Å²) < 4.78 is 51.6. The lowest BCUT2D eigenvalue weighted by atomic mass is 10.1. The molecule has 1 atom stereocenters. The van der Waals surface area contributed by atoms with Gasteiger partial charge in [0.2, 0.25) is 0 Å². The van der Waals surface area contributed by atoms with Gasteiger partial charge in [0.15, 0.2) is 23.3 Å². The predicted octanol–water partition coefficient (Wildman–Crippen LogP) is 3.50. The normalized spacial score (nSPS) is 16.0. The lowest BCUT2D eigenvalue weighted by Crippen LogP contribution is -2.26. The van der Waals surface area contributed by atoms with E-state index in [9.17, 15) is 23.1 Å². The second-order valence-electron chi connectivity index (χ2n) is 5.95. The molecule has 0 saturated heterocycles. The van der Waals surface area contributed by atoms with Gasteiger partial charge in [-0.05, 0) is 30.3 Å². The quantitative estimate of drug-likeness (QED) is 0.736. The van der Waals surface area contributed by atoms with E-state index < -0.39 is 29.5 Å². The minimum atomic E-state index is -4.56. The number of fused-ring (bicyclic) bond motifs is 1. The van der Waals surface area contributed by atoms with Crippen molar-refractivity contribution in [3.05, 3.63) is 65.5 Å². The van der Waals surface area contributed by atoms with Gasteiger partial charge >= 0.3 is 12.1 Å². The fraction of sp³-hybridized carbons (Fsp3) is 0.167. The molecule has 4 rings (SSSR count). The number of carboxylic acids is 1. The molecule has 144 valence electrons. The molecular formula is C18H12F3N3O4. The highest BCUT2D eigenvalue weighted by Gasteiger charge is 2.34. The maximum atomic E-state index is 13.1. The number of aromatic nitrogens is 3. The molecule has 2 heterocycles. The number of carbonyl (C=O) groups is 1. The van der Waals surface area contributed by atoms with Crippen LogP contribution in [0.15, 0.2) is 48.5 Å². The number of halogens is 3. The highest BCUT2D eigenvalue weighted by Crippen LogP contribution is 2.37. The van der Waals surface area contributed by atoms with Gasteiger partial charge in [0, 0.05) is 0 Å². The number of hydrogen-bond donors (Lipinski definition) is 1. The molecule has 0 radical (unpaired) electrons. The lowest BCUT2D eigenvalue weighted by molar-refractivity contribution is -0.137. The number of rotatable bonds is 3. The van der Waals surface area contributed by atoms with E-state index in [1.54, 1.807) is 24.3 Å². The third-order valence-corrected chi connectivity index (χ3v) is 4.14. The molecule has 0 spiro atoms. The van der Waals surface area contributed by atoms with Crippen molar-refractivity contribution in [2.45, 2.75) is 12.3 Å². The number of ether oxygens (including phenoxy) is 2. The Morgan fingerprint density at radius 2 is 1.89 bits per heavy atom. The van der Waals surface area contributed by atoms with E-state index in [0.29, 0.717) is 11.5 Å². The van der Waals surface area contributed by atoms with Crippen LogP contribution in [-0.4, -0.2) is 32.7 Å². The summed E-state index contributed by atoms with van der Waals surface area (Å²) in [6.07, 6.45) is -5.49. The van der Waals surface area contributed by atoms with E-state index in [1.165, 1.54) is 12.1 Å². The summed E-state index contributed by atoms with van der Waals surface area (Å²) in [6.45, 7) is -0.0520. The highest BCUT2D eigenvalue weighted by atomic mass is 19.4. The maximum Gasteiger partial charge on any atom is 0.416 e. The molecule has 1 N–H and O–H groups in total. The van der Waals surface area contributed by atoms with Crippen LogP contribution in [0.4, 0.5) is 13.2 Å². The Bertz CT molecular complexity index is 1050. The second kappa shape index (κ2) is 6.55. The number of carboxylic acid groups (broad SMARTS) is 1. The van der Waals surface area contributed by atoms with Gasteiger partial charge in [-0.2, -0.15) is 13.2 Å². The summed E-state index contributed by atoms with van der Waals surface area (Å²) in [6, 6.07) is 11.1. The molecule has 0 fully saturated rings. The van der Waals surface area contributed by atoms with Gasteiger partial charge in [0.05, 0.1) is 11.3 Å². The van der Waals surface area contributed by atoms with Crippen LogP contribution in [0.5, 0.6) is 11.5 Å². The largest absolute Gasteiger partial charge is 0.485 e. The van der Waals surface area contributed by atoms with Crippen molar-refractivity contribution in [3.63, 3.8) is 0 Å². The molecule has 7 nitrogen and oxygen atoms in total. The Morgan fingerprint density at radius 3 is 2.61 bits per heavy atom. The first-order chi connectivity index (χ1) is 13.3. The summed E-state index contributed by atoms with van der Waals surface area (Å²) in [5.74, 6) is -0.517. The third-order valence-electron chi connectivity index (χ3n) is 4.14. The average Bonchev–Trinajstić information content (AvgIpc) is 3.12. The first kappa shape index (κ1) is 17.8. The minimum Gasteiger partial charge on any atom is -0.485 e. The molecule has 0 amide bonds. The Kier molecular flexibility index (Phi) is 4.17. The molecule has 2 aromatic carbocycles. The number of nitrogens with zero attached hydrogens (tertiary/aromatic N) is 3. The molecule has 0 bridgehead atoms. The number of aromatic carboxylic acids is 1. The number of hydrogen-bond acceptors (Lipinski definition) is 5. The first-order valence-electron chi connectivity index (χ1n) is 8.09. The molecule has 0 saturated carbocycles. The lowest BCUT2D eigenvalue weighted by Gasteiger charge is -2.26. The zero-order chi connectivity index (χ0) is 19.9. The molecule has 3 aromatic rings. The van der Waals surface area contributed by atoms with Crippen LogP contribution in [0, 0.1) is 0 Å². The number of para-hydroxylation sites is 2. The summed E-state index contributed by atoms with van der Waals surface area (Å²) in [5, 5.41) is 16.8. The molecule has 1 aliphatic rings. The van der Waals surface area contributed by atoms with Gasteiger partial charge in [0.1, 0.15) is 12.3 Å². The summed E-state index contributed by atoms with van der Waals surface area (Å²) in [5.41, 5.74) is -1.33. The van der Waals surface area contributed by atoms with Crippen LogP contribution in [0.3, 0.4) is 0 Å². The third kappa shape index (κ3) is 3.13. The molecule has 1 unspecified atom stereocenters. The molecule has 1 aliphatic heterocycles. The minimum absolute atomic E-state index is 0.00674. The topological polar surface area (TPSA) is 86.5 Å². The van der Waals surface area contributed by atoms with Crippen LogP contribution in [0.2, 0.25) is 0 Å². The molecule has 1 aromatic heterocycles. The SMILES string of the molecule is O=C(O)c1nnn(-c2cccc(C(F)(F)F)c2)c1C1COc2ccccc2O1. The van der Waals surface area contributed by atoms with E-state index in [-0.39, 0.29) is 18.0 Å². The molecule has 0 aliphatic carbocycles. The Morgan fingerprint density at radius 1 is 1.14 bits per heavy atom. The average molecular weight is 391 g/mol. The number of alkyl halides is 3. The van der Waals surface area contributed by atoms with Crippen LogP contribution in [0.25, 0.3) is 5.69 Å². The zero-order valence-electron chi connectivity index (χ0n) is 14.1. The van der Waals surface area contributed by atoms with Crippen molar-refractivity contribution < 1.29 is 32.5 Å². The summed E-state index contributed by atoms with van der Waals surface area (Å²) in [4.78, 5) is 11.6. The predicted molar refractivity (Wildman–Crippen MR) is 88.6 cm³/mol. The van der Waals surface area contributed by atoms with Crippen molar-refractivity contribution in [3.8, 4) is 17.2 Å². The van der Waals surface area contributed by atoms with Crippen molar-refractivity contribution in [2.24, 2.45) is 0 Å². The van der Waals surface area contributed by atoms with Crippen LogP contribution >= 0.6 is 0 Å². The van der Waals surface area contributed by atoms with Gasteiger partial charge in [-0.25, -0.2) is 9.48 Å². The van der Waals surface area contributed by atoms with E-state index in [2.05, 4.69) is 10.3 Å². The van der Waals surface area contributed by atoms with Crippen molar-refractivity contribution in [1.82, 2.24) is 15.0 Å². The van der Waals surface area contributed by atoms with Gasteiger partial charge in [0.25, 0.3) is 0 Å². The molecular weight excluding hydrogens is 379 g/mol. The monoisotopic (exact) mass is 391 g/mol. The summed E-state index contributed by atoms with van der Waals surface area (Å²) >= 11 is 0. The van der Waals surface area contributed by atoms with E-state index in [4.69, 9.17) is 9.47 Å². The van der Waals surface area contributed by atoms with E-state index in [0.717, 1.165) is 16.8 Å². The van der Waals surface area contributed by atoms with Crippen molar-refractivity contribution >= 4 is 5.97 Å². The standard InChI is InChI=1S/C18H12F3N3O4/c19-18(20,21)10-4-3-5-11(8-10)24-16(15(17(25)26)22-23-24)14-9-27-12-6-1-2-7-13(12)28-14/h1-8,14H,9H2,(H,25,26). The smallest absolute Gasteiger partial charge is 0.416 e. The van der Waals surface area contributed by atoms with Crippen LogP contribution in [0.1, 0.15) is 27.8 Å². The van der Waals surface area contributed by atoms with Gasteiger partial charge in [-0.1, -0.05) is 23.4 Å². The Labute approximate surface area is 155 Å². The summed E-state index contributed by atoms with van der Waals surface area (Å²) in [7, 11) is 0. The molecule has 10 heteroatoms. The Hall–Kier alpha value is -3.56. The van der Waals surface area contributed by atoms with Crippen LogP contribution in [-0.2, 0) is 6.18 Å². The fourth-order valence-corrected chi connectivity index (χ4v) is 2.89. The van der Waals surface area contributed by atoms with Crippen molar-refractivity contribution in [2.75, 3.05) is 6.61 Å². The second-order valence-corrected chi connectivity index (χ2v) is 5.95. The fourth-order valence-electron chi connectivity index (χ4n) is 2.89. The highest BCUT2D eigenvalue weighted by molar-refractivity contribution is 5.86. The zero-order valence-corrected chi connectivity index (χ0v) is 14.1. The first-order valence-corrected chi connectivity index (χ1v) is 8.09. The van der Waals surface area contributed by atoms with Crippen LogP contribution < -0.4 is 9.47 Å². The van der Waals surface area contributed by atoms with E-state index in [1.807, 2.05) is 0 Å². The van der Waals surface area contributed by atoms with E-state index >= 15 is 0 Å². The van der Waals surface area contributed by atoms with Gasteiger partial charge in [-0.15, -0.1) is 5.10 Å². The maximum absolute atomic E-state index is 13.1. The molecule has 28 heavy (non-hydrogen) atoms. The Balaban J connectivity index is 1.80.